The zero-order valence-electron chi connectivity index (χ0n) is 5.74. The van der Waals surface area contributed by atoms with Gasteiger partial charge in [-0.1, -0.05) is 6.58 Å². The SMILES string of the molecule is C=CC(=O)OCCOC([O])=O. The molecule has 0 fully saturated rings. The fourth-order valence-corrected chi connectivity index (χ4v) is 0.326. The van der Waals surface area contributed by atoms with E-state index in [9.17, 15) is 14.7 Å². The lowest BCUT2D eigenvalue weighted by Crippen LogP contribution is -2.10. The summed E-state index contributed by atoms with van der Waals surface area (Å²) in [6.45, 7) is 2.78. The molecule has 11 heavy (non-hydrogen) atoms. The summed E-state index contributed by atoms with van der Waals surface area (Å²) in [5.41, 5.74) is 0. The molecule has 0 aliphatic rings. The zero-order chi connectivity index (χ0) is 8.69. The minimum absolute atomic E-state index is 0.126. The normalized spacial score (nSPS) is 8.36. The van der Waals surface area contributed by atoms with Crippen molar-refractivity contribution in [3.05, 3.63) is 12.7 Å². The van der Waals surface area contributed by atoms with Crippen molar-refractivity contribution in [2.75, 3.05) is 13.2 Å². The lowest BCUT2D eigenvalue weighted by molar-refractivity contribution is -0.139. The van der Waals surface area contributed by atoms with Crippen molar-refractivity contribution in [2.24, 2.45) is 0 Å². The molecule has 1 radical (unpaired) electrons. The summed E-state index contributed by atoms with van der Waals surface area (Å²) in [4.78, 5) is 19.9. The van der Waals surface area contributed by atoms with Crippen LogP contribution >= 0.6 is 0 Å². The monoisotopic (exact) mass is 159 g/mol. The van der Waals surface area contributed by atoms with Gasteiger partial charge in [0.15, 0.2) is 0 Å². The Morgan fingerprint density at radius 2 is 1.82 bits per heavy atom. The maximum Gasteiger partial charge on any atom is 0.550 e. The van der Waals surface area contributed by atoms with Crippen LogP contribution < -0.4 is 0 Å². The van der Waals surface area contributed by atoms with Crippen LogP contribution in [-0.4, -0.2) is 25.3 Å². The molecular formula is C6H7O5. The van der Waals surface area contributed by atoms with Gasteiger partial charge in [0.05, 0.1) is 0 Å². The van der Waals surface area contributed by atoms with Gasteiger partial charge in [-0.2, -0.15) is 9.90 Å². The highest BCUT2D eigenvalue weighted by Crippen LogP contribution is 1.81. The minimum atomic E-state index is -1.64. The van der Waals surface area contributed by atoms with Crippen molar-refractivity contribution in [1.82, 2.24) is 0 Å². The van der Waals surface area contributed by atoms with Crippen LogP contribution in [0.1, 0.15) is 0 Å². The second-order valence-corrected chi connectivity index (χ2v) is 1.47. The van der Waals surface area contributed by atoms with Gasteiger partial charge in [0.1, 0.15) is 13.2 Å². The summed E-state index contributed by atoms with van der Waals surface area (Å²) in [5.74, 6) is -0.619. The summed E-state index contributed by atoms with van der Waals surface area (Å²) < 4.78 is 8.30. The molecule has 0 unspecified atom stereocenters. The van der Waals surface area contributed by atoms with Crippen LogP contribution in [0.2, 0.25) is 0 Å². The van der Waals surface area contributed by atoms with Crippen molar-refractivity contribution in [3.8, 4) is 0 Å². The molecule has 0 rings (SSSR count). The quantitative estimate of drug-likeness (QED) is 0.335. The number of rotatable bonds is 4. The Labute approximate surface area is 63.2 Å². The average molecular weight is 159 g/mol. The van der Waals surface area contributed by atoms with Crippen molar-refractivity contribution in [3.63, 3.8) is 0 Å². The molecule has 0 aliphatic heterocycles. The first-order valence-corrected chi connectivity index (χ1v) is 2.79. The molecule has 0 aliphatic carbocycles. The van der Waals surface area contributed by atoms with E-state index in [1.54, 1.807) is 0 Å². The predicted octanol–water partition coefficient (Wildman–Crippen LogP) is 0.283. The van der Waals surface area contributed by atoms with E-state index >= 15 is 0 Å². The van der Waals surface area contributed by atoms with E-state index in [4.69, 9.17) is 0 Å². The predicted molar refractivity (Wildman–Crippen MR) is 33.2 cm³/mol. The number of hydrogen-bond donors (Lipinski definition) is 0. The fourth-order valence-electron chi connectivity index (χ4n) is 0.326. The standard InChI is InChI=1S/C6H7O5/c1-2-5(7)10-3-4-11-6(8)9/h2H,1,3-4H2. The number of hydrogen-bond acceptors (Lipinski definition) is 4. The van der Waals surface area contributed by atoms with E-state index in [0.717, 1.165) is 6.08 Å². The van der Waals surface area contributed by atoms with E-state index in [-0.39, 0.29) is 13.2 Å². The third-order valence-electron chi connectivity index (χ3n) is 0.714. The van der Waals surface area contributed by atoms with Crippen LogP contribution in [0.4, 0.5) is 4.79 Å². The third-order valence-corrected chi connectivity index (χ3v) is 0.714. The van der Waals surface area contributed by atoms with Crippen molar-refractivity contribution >= 4 is 12.1 Å². The van der Waals surface area contributed by atoms with Gasteiger partial charge in [0, 0.05) is 6.08 Å². The minimum Gasteiger partial charge on any atom is -0.459 e. The van der Waals surface area contributed by atoms with Gasteiger partial charge in [-0.15, -0.1) is 0 Å². The summed E-state index contributed by atoms with van der Waals surface area (Å²) in [6, 6.07) is 0. The first kappa shape index (κ1) is 9.48. The second-order valence-electron chi connectivity index (χ2n) is 1.47. The number of ether oxygens (including phenoxy) is 2. The second kappa shape index (κ2) is 5.28. The van der Waals surface area contributed by atoms with Crippen molar-refractivity contribution in [1.29, 1.82) is 0 Å². The smallest absolute Gasteiger partial charge is 0.459 e. The lowest BCUT2D eigenvalue weighted by atomic mass is 10.6. The van der Waals surface area contributed by atoms with Gasteiger partial charge in [-0.25, -0.2) is 4.79 Å². The molecule has 61 valence electrons. The van der Waals surface area contributed by atoms with Gasteiger partial charge in [-0.3, -0.25) is 0 Å². The Morgan fingerprint density at radius 1 is 1.27 bits per heavy atom. The molecule has 0 spiro atoms. The lowest BCUT2D eigenvalue weighted by Gasteiger charge is -1.99. The molecule has 0 saturated carbocycles. The Hall–Kier alpha value is -1.52. The highest BCUT2D eigenvalue weighted by molar-refractivity contribution is 5.81. The molecule has 0 saturated heterocycles. The van der Waals surface area contributed by atoms with Crippen LogP contribution in [0.15, 0.2) is 12.7 Å². The Balaban J connectivity index is 3.21. The van der Waals surface area contributed by atoms with Crippen LogP contribution in [0.3, 0.4) is 0 Å². The molecule has 0 amide bonds. The largest absolute Gasteiger partial charge is 0.550 e. The fraction of sp³-hybridized carbons (Fsp3) is 0.333. The summed E-state index contributed by atoms with van der Waals surface area (Å²) in [7, 11) is 0. The molecule has 0 aromatic carbocycles. The molecule has 0 N–H and O–H groups in total. The molecule has 5 nitrogen and oxygen atoms in total. The van der Waals surface area contributed by atoms with Crippen LogP contribution in [0.5, 0.6) is 0 Å². The molecule has 0 aromatic rings. The zero-order valence-corrected chi connectivity index (χ0v) is 5.74. The molecule has 5 heteroatoms. The number of esters is 1. The topological polar surface area (TPSA) is 72.5 Å². The molecule has 0 bridgehead atoms. The average Bonchev–Trinajstić information content (AvgIpc) is 1.97. The van der Waals surface area contributed by atoms with E-state index < -0.39 is 12.1 Å². The van der Waals surface area contributed by atoms with Gasteiger partial charge in [0.2, 0.25) is 0 Å². The van der Waals surface area contributed by atoms with E-state index in [1.165, 1.54) is 0 Å². The van der Waals surface area contributed by atoms with Gasteiger partial charge in [0.25, 0.3) is 0 Å². The number of carbonyl (C=O) groups excluding carboxylic acids is 2. The molecule has 0 atom stereocenters. The Bertz CT molecular complexity index is 162. The van der Waals surface area contributed by atoms with Gasteiger partial charge >= 0.3 is 12.1 Å². The van der Waals surface area contributed by atoms with Crippen LogP contribution in [0.25, 0.3) is 0 Å². The van der Waals surface area contributed by atoms with Crippen molar-refractivity contribution in [2.45, 2.75) is 0 Å². The summed E-state index contributed by atoms with van der Waals surface area (Å²) >= 11 is 0. The third kappa shape index (κ3) is 6.36. The number of carbonyl (C=O) groups is 2. The highest BCUT2D eigenvalue weighted by Gasteiger charge is 1.99. The highest BCUT2D eigenvalue weighted by atomic mass is 16.7. The van der Waals surface area contributed by atoms with Crippen molar-refractivity contribution < 1.29 is 24.2 Å². The Morgan fingerprint density at radius 3 is 2.27 bits per heavy atom. The molecule has 0 heterocycles. The van der Waals surface area contributed by atoms with Gasteiger partial charge in [-0.05, 0) is 0 Å². The Kier molecular flexibility index (Phi) is 4.55. The maximum absolute atomic E-state index is 10.3. The first-order valence-electron chi connectivity index (χ1n) is 2.79. The first-order chi connectivity index (χ1) is 5.16. The summed E-state index contributed by atoms with van der Waals surface area (Å²) in [5, 5.41) is 9.62. The van der Waals surface area contributed by atoms with E-state index in [0.29, 0.717) is 0 Å². The van der Waals surface area contributed by atoms with Gasteiger partial charge < -0.3 is 9.47 Å². The van der Waals surface area contributed by atoms with E-state index in [2.05, 4.69) is 16.1 Å². The summed E-state index contributed by atoms with van der Waals surface area (Å²) in [6.07, 6.45) is -0.668. The maximum atomic E-state index is 10.3. The van der Waals surface area contributed by atoms with Crippen LogP contribution in [-0.2, 0) is 19.4 Å². The van der Waals surface area contributed by atoms with E-state index in [1.807, 2.05) is 0 Å². The molecule has 0 aromatic heterocycles. The van der Waals surface area contributed by atoms with Crippen LogP contribution in [0, 0.1) is 0 Å². The molecular weight excluding hydrogens is 152 g/mol.